The topological polar surface area (TPSA) is 75.1 Å². The minimum atomic E-state index is -0.392. The number of rotatable bonds is 5. The number of nitrogens with zero attached hydrogens (tertiary/aromatic N) is 1. The van der Waals surface area contributed by atoms with Crippen molar-refractivity contribution in [2.45, 2.75) is 12.8 Å². The second kappa shape index (κ2) is 5.94. The second-order valence-corrected chi connectivity index (χ2v) is 5.35. The second-order valence-electron chi connectivity index (χ2n) is 5.35. The molecule has 1 N–H and O–H groups in total. The largest absolute Gasteiger partial charge is 0.493 e. The molecule has 1 fully saturated rings. The van der Waals surface area contributed by atoms with E-state index in [1.165, 1.54) is 18.9 Å². The summed E-state index contributed by atoms with van der Waals surface area (Å²) in [5.74, 6) is 1.97. The van der Waals surface area contributed by atoms with E-state index >= 15 is 0 Å². The van der Waals surface area contributed by atoms with Gasteiger partial charge in [0.1, 0.15) is 11.6 Å². The Bertz CT molecular complexity index is 785. The molecule has 22 heavy (non-hydrogen) atoms. The number of aromatic nitrogens is 1. The first-order valence-electron chi connectivity index (χ1n) is 7.16. The molecule has 0 amide bonds. The van der Waals surface area contributed by atoms with Gasteiger partial charge < -0.3 is 14.5 Å². The van der Waals surface area contributed by atoms with Gasteiger partial charge in [0.15, 0.2) is 11.5 Å². The fourth-order valence-corrected chi connectivity index (χ4v) is 2.18. The van der Waals surface area contributed by atoms with Crippen LogP contribution in [0, 0.1) is 17.2 Å². The maximum Gasteiger partial charge on any atom is 0.266 e. The summed E-state index contributed by atoms with van der Waals surface area (Å²) in [6.07, 6.45) is 2.43. The third-order valence-corrected chi connectivity index (χ3v) is 3.68. The molecule has 1 aliphatic carbocycles. The van der Waals surface area contributed by atoms with Gasteiger partial charge in [-0.05, 0) is 49.1 Å². The predicted molar refractivity (Wildman–Crippen MR) is 82.0 cm³/mol. The lowest BCUT2D eigenvalue weighted by molar-refractivity contribution is 0.280. The molecule has 2 aromatic rings. The van der Waals surface area contributed by atoms with Gasteiger partial charge in [-0.1, -0.05) is 0 Å². The number of aromatic amines is 1. The summed E-state index contributed by atoms with van der Waals surface area (Å²) in [7, 11) is 1.60. The molecule has 0 spiro atoms. The smallest absolute Gasteiger partial charge is 0.266 e. The summed E-state index contributed by atoms with van der Waals surface area (Å²) in [5.41, 5.74) is 1.16. The van der Waals surface area contributed by atoms with E-state index in [4.69, 9.17) is 14.7 Å². The van der Waals surface area contributed by atoms with Crippen molar-refractivity contribution in [1.29, 1.82) is 5.26 Å². The molecule has 0 atom stereocenters. The van der Waals surface area contributed by atoms with Crippen LogP contribution in [0.2, 0.25) is 0 Å². The highest BCUT2D eigenvalue weighted by Gasteiger charge is 2.22. The number of methoxy groups -OCH3 is 1. The fourth-order valence-electron chi connectivity index (χ4n) is 2.18. The van der Waals surface area contributed by atoms with Crippen LogP contribution >= 0.6 is 0 Å². The number of hydrogen-bond donors (Lipinski definition) is 1. The van der Waals surface area contributed by atoms with E-state index in [0.29, 0.717) is 29.7 Å². The van der Waals surface area contributed by atoms with Crippen LogP contribution in [-0.2, 0) is 0 Å². The normalized spacial score (nSPS) is 13.5. The highest BCUT2D eigenvalue weighted by molar-refractivity contribution is 5.64. The molecule has 112 valence electrons. The van der Waals surface area contributed by atoms with Gasteiger partial charge in [0.05, 0.1) is 13.7 Å². The standard InChI is InChI=1S/C17H16N2O3/c1-21-15-7-5-12(8-16(15)22-10-11-2-3-11)14-6-4-13(9-18)17(20)19-14/h4-8,11H,2-3,10H2,1H3,(H,19,20). The van der Waals surface area contributed by atoms with Crippen LogP contribution in [0.3, 0.4) is 0 Å². The Morgan fingerprint density at radius 3 is 2.73 bits per heavy atom. The first-order valence-corrected chi connectivity index (χ1v) is 7.16. The average Bonchev–Trinajstić information content (AvgIpc) is 3.37. The molecule has 1 saturated carbocycles. The number of nitrogens with one attached hydrogen (secondary N) is 1. The molecule has 0 saturated heterocycles. The van der Waals surface area contributed by atoms with Crippen molar-refractivity contribution in [2.24, 2.45) is 5.92 Å². The van der Waals surface area contributed by atoms with Gasteiger partial charge in [-0.15, -0.1) is 0 Å². The molecular weight excluding hydrogens is 280 g/mol. The number of benzene rings is 1. The maximum atomic E-state index is 11.7. The third-order valence-electron chi connectivity index (χ3n) is 3.68. The van der Waals surface area contributed by atoms with Gasteiger partial charge in [0.25, 0.3) is 5.56 Å². The lowest BCUT2D eigenvalue weighted by Crippen LogP contribution is -2.10. The van der Waals surface area contributed by atoms with Crippen LogP contribution in [0.1, 0.15) is 18.4 Å². The number of hydrogen-bond acceptors (Lipinski definition) is 4. The van der Waals surface area contributed by atoms with Gasteiger partial charge in [-0.3, -0.25) is 4.79 Å². The van der Waals surface area contributed by atoms with E-state index in [2.05, 4.69) is 4.98 Å². The Hall–Kier alpha value is -2.74. The Labute approximate surface area is 128 Å². The Kier molecular flexibility index (Phi) is 3.84. The van der Waals surface area contributed by atoms with Gasteiger partial charge in [0.2, 0.25) is 0 Å². The molecule has 1 aromatic heterocycles. The van der Waals surface area contributed by atoms with Crippen molar-refractivity contribution < 1.29 is 9.47 Å². The van der Waals surface area contributed by atoms with E-state index in [1.807, 2.05) is 24.3 Å². The summed E-state index contributed by atoms with van der Waals surface area (Å²) in [6, 6.07) is 10.6. The maximum absolute atomic E-state index is 11.7. The molecule has 1 aromatic carbocycles. The van der Waals surface area contributed by atoms with E-state index in [0.717, 1.165) is 5.56 Å². The highest BCUT2D eigenvalue weighted by Crippen LogP contribution is 2.35. The minimum absolute atomic E-state index is 0.0995. The van der Waals surface area contributed by atoms with Crippen molar-refractivity contribution in [1.82, 2.24) is 4.98 Å². The molecule has 0 radical (unpaired) electrons. The zero-order valence-corrected chi connectivity index (χ0v) is 12.3. The van der Waals surface area contributed by atoms with Gasteiger partial charge in [0, 0.05) is 11.3 Å². The number of nitriles is 1. The highest BCUT2D eigenvalue weighted by atomic mass is 16.5. The quantitative estimate of drug-likeness (QED) is 0.920. The van der Waals surface area contributed by atoms with Crippen molar-refractivity contribution in [3.8, 4) is 28.8 Å². The zero-order chi connectivity index (χ0) is 15.5. The van der Waals surface area contributed by atoms with Gasteiger partial charge in [-0.25, -0.2) is 0 Å². The molecule has 1 aliphatic rings. The summed E-state index contributed by atoms with van der Waals surface area (Å²) >= 11 is 0. The molecule has 1 heterocycles. The van der Waals surface area contributed by atoms with Crippen molar-refractivity contribution in [3.63, 3.8) is 0 Å². The van der Waals surface area contributed by atoms with Crippen LogP contribution in [0.25, 0.3) is 11.3 Å². The molecule has 3 rings (SSSR count). The minimum Gasteiger partial charge on any atom is -0.493 e. The van der Waals surface area contributed by atoms with Crippen LogP contribution < -0.4 is 15.0 Å². The van der Waals surface area contributed by atoms with Crippen LogP contribution in [-0.4, -0.2) is 18.7 Å². The van der Waals surface area contributed by atoms with Gasteiger partial charge in [-0.2, -0.15) is 5.26 Å². The summed E-state index contributed by atoms with van der Waals surface area (Å²) in [4.78, 5) is 14.5. The summed E-state index contributed by atoms with van der Waals surface area (Å²) in [6.45, 7) is 0.684. The lowest BCUT2D eigenvalue weighted by atomic mass is 10.1. The summed E-state index contributed by atoms with van der Waals surface area (Å²) < 4.78 is 11.1. The zero-order valence-electron chi connectivity index (χ0n) is 12.3. The molecule has 0 bridgehead atoms. The number of pyridine rings is 1. The first kappa shape index (κ1) is 14.2. The average molecular weight is 296 g/mol. The SMILES string of the molecule is COc1ccc(-c2ccc(C#N)c(=O)[nH]2)cc1OCC1CC1. The fraction of sp³-hybridized carbons (Fsp3) is 0.294. The van der Waals surface area contributed by atoms with Crippen molar-refractivity contribution >= 4 is 0 Å². The van der Waals surface area contributed by atoms with Crippen molar-refractivity contribution in [3.05, 3.63) is 46.2 Å². The van der Waals surface area contributed by atoms with Crippen molar-refractivity contribution in [2.75, 3.05) is 13.7 Å². The third kappa shape index (κ3) is 2.96. The Balaban J connectivity index is 1.92. The molecule has 5 heteroatoms. The molecular formula is C17H16N2O3. The van der Waals surface area contributed by atoms with E-state index in [-0.39, 0.29) is 5.56 Å². The predicted octanol–water partition coefficient (Wildman–Crippen LogP) is 2.71. The Morgan fingerprint density at radius 1 is 1.27 bits per heavy atom. The molecule has 5 nitrogen and oxygen atoms in total. The Morgan fingerprint density at radius 2 is 2.09 bits per heavy atom. The number of ether oxygens (including phenoxy) is 2. The first-order chi connectivity index (χ1) is 10.7. The van der Waals surface area contributed by atoms with E-state index in [1.54, 1.807) is 13.2 Å². The molecule has 0 unspecified atom stereocenters. The van der Waals surface area contributed by atoms with Crippen LogP contribution in [0.4, 0.5) is 0 Å². The van der Waals surface area contributed by atoms with E-state index < -0.39 is 5.56 Å². The molecule has 0 aliphatic heterocycles. The van der Waals surface area contributed by atoms with Crippen LogP contribution in [0.15, 0.2) is 35.1 Å². The van der Waals surface area contributed by atoms with Gasteiger partial charge >= 0.3 is 0 Å². The monoisotopic (exact) mass is 296 g/mol. The van der Waals surface area contributed by atoms with Crippen LogP contribution in [0.5, 0.6) is 11.5 Å². The lowest BCUT2D eigenvalue weighted by Gasteiger charge is -2.12. The van der Waals surface area contributed by atoms with E-state index in [9.17, 15) is 4.79 Å². The summed E-state index contributed by atoms with van der Waals surface area (Å²) in [5, 5.41) is 8.81. The number of H-pyrrole nitrogens is 1.